The maximum atomic E-state index is 12.9. The van der Waals surface area contributed by atoms with Gasteiger partial charge < -0.3 is 29.4 Å². The van der Waals surface area contributed by atoms with Gasteiger partial charge in [-0.25, -0.2) is 4.98 Å². The van der Waals surface area contributed by atoms with E-state index in [1.807, 2.05) is 6.92 Å². The summed E-state index contributed by atoms with van der Waals surface area (Å²) < 4.78 is 23.7. The second-order valence-electron chi connectivity index (χ2n) is 8.17. The summed E-state index contributed by atoms with van der Waals surface area (Å²) >= 11 is 0. The number of benzene rings is 1. The first-order valence-electron chi connectivity index (χ1n) is 11.7. The van der Waals surface area contributed by atoms with Gasteiger partial charge in [0, 0.05) is 44.6 Å². The third-order valence-corrected chi connectivity index (χ3v) is 4.99. The molecule has 0 radical (unpaired) electrons. The quantitative estimate of drug-likeness (QED) is 0.301. The second kappa shape index (κ2) is 12.0. The number of hydrogen-bond acceptors (Lipinski definition) is 10. The van der Waals surface area contributed by atoms with Gasteiger partial charge in [-0.2, -0.15) is 10.1 Å². The molecule has 0 saturated carbocycles. The predicted octanol–water partition coefficient (Wildman–Crippen LogP) is 3.07. The van der Waals surface area contributed by atoms with Crippen molar-refractivity contribution in [2.24, 2.45) is 7.05 Å². The Balaban J connectivity index is 1.53. The number of nitrogens with one attached hydrogen (secondary N) is 2. The van der Waals surface area contributed by atoms with Gasteiger partial charge in [0.1, 0.15) is 29.0 Å². The van der Waals surface area contributed by atoms with Crippen molar-refractivity contribution in [3.63, 3.8) is 0 Å². The van der Waals surface area contributed by atoms with Gasteiger partial charge in [-0.05, 0) is 38.1 Å². The monoisotopic (exact) mass is 521 g/mol. The van der Waals surface area contributed by atoms with Crippen LogP contribution >= 0.6 is 0 Å². The van der Waals surface area contributed by atoms with E-state index in [0.717, 1.165) is 0 Å². The van der Waals surface area contributed by atoms with E-state index in [2.05, 4.69) is 30.9 Å². The summed E-state index contributed by atoms with van der Waals surface area (Å²) in [5.74, 6) is 0.758. The summed E-state index contributed by atoms with van der Waals surface area (Å²) in [5, 5.41) is 13.2. The van der Waals surface area contributed by atoms with Crippen molar-refractivity contribution >= 4 is 17.6 Å². The molecule has 13 heteroatoms. The van der Waals surface area contributed by atoms with Crippen LogP contribution in [-0.2, 0) is 11.8 Å². The number of anilines is 1. The minimum atomic E-state index is -0.438. The zero-order valence-corrected chi connectivity index (χ0v) is 21.3. The van der Waals surface area contributed by atoms with Crippen LogP contribution in [0.1, 0.15) is 34.8 Å². The Hall–Kier alpha value is -4.78. The van der Waals surface area contributed by atoms with Crippen molar-refractivity contribution in [2.45, 2.75) is 20.0 Å². The molecule has 2 amide bonds. The molecule has 0 unspecified atom stereocenters. The molecular formula is C25H27N7O6. The van der Waals surface area contributed by atoms with E-state index in [9.17, 15) is 9.59 Å². The Bertz CT molecular complexity index is 1400. The van der Waals surface area contributed by atoms with Gasteiger partial charge >= 0.3 is 0 Å². The molecule has 1 aromatic carbocycles. The number of methoxy groups -OCH3 is 1. The zero-order valence-electron chi connectivity index (χ0n) is 21.3. The maximum Gasteiger partial charge on any atom is 0.292 e. The number of rotatable bonds is 11. The SMILES string of the molecule is CCNC(=O)c1noc(-c2ccc(Oc3cc(O[C@@H](C)COC)cc(C(=O)Nc4ccn(C)n4)c3)cn2)n1. The fourth-order valence-electron chi connectivity index (χ4n) is 3.36. The first-order chi connectivity index (χ1) is 18.3. The van der Waals surface area contributed by atoms with Gasteiger partial charge in [-0.15, -0.1) is 0 Å². The van der Waals surface area contributed by atoms with Crippen LogP contribution in [0.4, 0.5) is 5.82 Å². The van der Waals surface area contributed by atoms with Crippen LogP contribution in [0.5, 0.6) is 17.2 Å². The van der Waals surface area contributed by atoms with Gasteiger partial charge in [0.05, 0.1) is 12.8 Å². The molecule has 2 N–H and O–H groups in total. The average Bonchev–Trinajstić information content (AvgIpc) is 3.54. The summed E-state index contributed by atoms with van der Waals surface area (Å²) in [6.45, 7) is 4.44. The highest BCUT2D eigenvalue weighted by atomic mass is 16.5. The number of amides is 2. The average molecular weight is 522 g/mol. The number of aryl methyl sites for hydroxylation is 1. The van der Waals surface area contributed by atoms with Crippen LogP contribution in [0.2, 0.25) is 0 Å². The fourth-order valence-corrected chi connectivity index (χ4v) is 3.36. The van der Waals surface area contributed by atoms with Crippen molar-refractivity contribution in [3.8, 4) is 28.8 Å². The fraction of sp³-hybridized carbons (Fsp3) is 0.280. The van der Waals surface area contributed by atoms with Crippen LogP contribution < -0.4 is 20.1 Å². The van der Waals surface area contributed by atoms with E-state index in [1.54, 1.807) is 68.4 Å². The molecule has 1 atom stereocenters. The van der Waals surface area contributed by atoms with E-state index in [1.165, 1.54) is 6.20 Å². The topological polar surface area (TPSA) is 156 Å². The van der Waals surface area contributed by atoms with Crippen LogP contribution in [-0.4, -0.2) is 63.1 Å². The predicted molar refractivity (Wildman–Crippen MR) is 135 cm³/mol. The summed E-state index contributed by atoms with van der Waals surface area (Å²) in [4.78, 5) is 33.1. The van der Waals surface area contributed by atoms with Crippen molar-refractivity contribution in [3.05, 3.63) is 60.2 Å². The van der Waals surface area contributed by atoms with Crippen molar-refractivity contribution in [1.82, 2.24) is 30.2 Å². The molecule has 198 valence electrons. The molecule has 13 nitrogen and oxygen atoms in total. The highest BCUT2D eigenvalue weighted by Crippen LogP contribution is 2.29. The van der Waals surface area contributed by atoms with Gasteiger partial charge in [0.25, 0.3) is 23.5 Å². The first kappa shape index (κ1) is 26.3. The number of ether oxygens (including phenoxy) is 3. The molecule has 0 spiro atoms. The molecule has 4 rings (SSSR count). The van der Waals surface area contributed by atoms with Gasteiger partial charge in [0.2, 0.25) is 0 Å². The highest BCUT2D eigenvalue weighted by Gasteiger charge is 2.17. The Morgan fingerprint density at radius 1 is 1.11 bits per heavy atom. The molecule has 3 heterocycles. The third-order valence-electron chi connectivity index (χ3n) is 4.99. The Morgan fingerprint density at radius 3 is 2.61 bits per heavy atom. The normalized spacial score (nSPS) is 11.6. The summed E-state index contributed by atoms with van der Waals surface area (Å²) in [6, 6.07) is 9.80. The minimum Gasteiger partial charge on any atom is -0.488 e. The molecular weight excluding hydrogens is 494 g/mol. The first-order valence-corrected chi connectivity index (χ1v) is 11.7. The van der Waals surface area contributed by atoms with E-state index in [4.69, 9.17) is 18.7 Å². The molecule has 0 aliphatic rings. The lowest BCUT2D eigenvalue weighted by atomic mass is 10.2. The highest BCUT2D eigenvalue weighted by molar-refractivity contribution is 6.04. The molecule has 0 fully saturated rings. The number of carbonyl (C=O) groups is 2. The summed E-state index contributed by atoms with van der Waals surface area (Å²) in [7, 11) is 3.34. The van der Waals surface area contributed by atoms with E-state index in [-0.39, 0.29) is 23.7 Å². The number of hydrogen-bond donors (Lipinski definition) is 2. The number of carbonyl (C=O) groups excluding carboxylic acids is 2. The molecule has 3 aromatic heterocycles. The Kier molecular flexibility index (Phi) is 8.28. The summed E-state index contributed by atoms with van der Waals surface area (Å²) in [5.41, 5.74) is 0.669. The standard InChI is InChI=1S/C25H27N7O6/c1-5-26-24(34)22-29-25(38-31-22)20-7-6-17(13-27-20)37-19-11-16(10-18(12-19)36-15(2)14-35-4)23(33)28-21-8-9-32(3)30-21/h6-13,15H,5,14H2,1-4H3,(H,26,34)(H,28,30,33)/t15-/m0/s1. The van der Waals surface area contributed by atoms with Gasteiger partial charge in [0.15, 0.2) is 5.82 Å². The lowest BCUT2D eigenvalue weighted by molar-refractivity contribution is 0.0915. The second-order valence-corrected chi connectivity index (χ2v) is 8.17. The smallest absolute Gasteiger partial charge is 0.292 e. The zero-order chi connectivity index (χ0) is 27.1. The van der Waals surface area contributed by atoms with Crippen molar-refractivity contribution in [1.29, 1.82) is 0 Å². The Morgan fingerprint density at radius 2 is 1.92 bits per heavy atom. The molecule has 4 aromatic rings. The van der Waals surface area contributed by atoms with E-state index >= 15 is 0 Å². The van der Waals surface area contributed by atoms with Crippen LogP contribution in [0.3, 0.4) is 0 Å². The van der Waals surface area contributed by atoms with Crippen molar-refractivity contribution < 1.29 is 28.3 Å². The summed E-state index contributed by atoms with van der Waals surface area (Å²) in [6.07, 6.45) is 2.92. The minimum absolute atomic E-state index is 0.0833. The number of aromatic nitrogens is 5. The lowest BCUT2D eigenvalue weighted by Crippen LogP contribution is -2.23. The molecule has 0 bridgehead atoms. The van der Waals surface area contributed by atoms with Crippen molar-refractivity contribution in [2.75, 3.05) is 25.6 Å². The molecule has 0 aliphatic carbocycles. The van der Waals surface area contributed by atoms with E-state index < -0.39 is 5.91 Å². The van der Waals surface area contributed by atoms with Crippen LogP contribution in [0, 0.1) is 0 Å². The molecule has 0 aliphatic heterocycles. The largest absolute Gasteiger partial charge is 0.488 e. The van der Waals surface area contributed by atoms with Gasteiger partial charge in [-0.1, -0.05) is 5.16 Å². The number of pyridine rings is 1. The van der Waals surface area contributed by atoms with E-state index in [0.29, 0.717) is 47.5 Å². The van der Waals surface area contributed by atoms with Crippen LogP contribution in [0.15, 0.2) is 53.3 Å². The molecule has 0 saturated heterocycles. The lowest BCUT2D eigenvalue weighted by Gasteiger charge is -2.16. The molecule has 38 heavy (non-hydrogen) atoms. The maximum absolute atomic E-state index is 12.9. The third kappa shape index (κ3) is 6.70. The van der Waals surface area contributed by atoms with Crippen LogP contribution in [0.25, 0.3) is 11.6 Å². The Labute approximate surface area is 218 Å². The van der Waals surface area contributed by atoms with Gasteiger partial charge in [-0.3, -0.25) is 14.3 Å². The number of nitrogens with zero attached hydrogens (tertiary/aromatic N) is 5.